The topological polar surface area (TPSA) is 175 Å². The van der Waals surface area contributed by atoms with Crippen molar-refractivity contribution in [2.24, 2.45) is 5.11 Å². The monoisotopic (exact) mass is 621 g/mol. The largest absolute Gasteiger partial charge is 0.463 e. The second-order valence-electron chi connectivity index (χ2n) is 11.9. The molecule has 4 fully saturated rings. The zero-order valence-corrected chi connectivity index (χ0v) is 25.5. The third-order valence-electron chi connectivity index (χ3n) is 7.51. The molecule has 0 aliphatic carbocycles. The number of carbonyl (C=O) groups excluding carboxylic acids is 2. The molecule has 0 amide bonds. The molecule has 0 unspecified atom stereocenters. The molecule has 0 N–H and O–H groups in total. The third kappa shape index (κ3) is 7.50. The first-order chi connectivity index (χ1) is 20.9. The summed E-state index contributed by atoms with van der Waals surface area (Å²) in [4.78, 5) is 27.0. The average Bonchev–Trinajstić information content (AvgIpc) is 3.45. The highest BCUT2D eigenvalue weighted by atomic mass is 16.9. The number of hydrogen-bond donors (Lipinski definition) is 0. The van der Waals surface area contributed by atoms with Crippen molar-refractivity contribution in [3.8, 4) is 0 Å². The molecular weight excluding hydrogens is 582 g/mol. The molecule has 4 aliphatic heterocycles. The lowest BCUT2D eigenvalue weighted by Crippen LogP contribution is -2.62. The Bertz CT molecular complexity index is 1230. The van der Waals surface area contributed by atoms with Gasteiger partial charge in [0.1, 0.15) is 55.4 Å². The van der Waals surface area contributed by atoms with Gasteiger partial charge in [-0.1, -0.05) is 35.4 Å². The summed E-state index contributed by atoms with van der Waals surface area (Å²) in [6.07, 6.45) is -7.42. The fourth-order valence-corrected chi connectivity index (χ4v) is 5.86. The molecular formula is C29H39N3O12. The fourth-order valence-electron chi connectivity index (χ4n) is 5.86. The molecule has 15 heteroatoms. The fraction of sp³-hybridized carbons (Fsp3) is 0.724. The minimum absolute atomic E-state index is 0.113. The standard InChI is InChI=1S/C29H39N3O12/c1-15(33)35-13-18-21(36-12-17-10-8-7-9-11-17)23(38-16(2)34)20(31-32-30)26(39-18)37-14-19-22-24(42-28(3,4)41-22)25-27(40-19)44-29(5,6)43-25/h7-11,18-27H,12-14H2,1-6H3/t18-,19-,20-,21-,22+,23-,24+,25-,26+,27-/m1/s1. The van der Waals surface area contributed by atoms with E-state index in [0.717, 1.165) is 5.56 Å². The molecule has 0 bridgehead atoms. The van der Waals surface area contributed by atoms with Crippen LogP contribution in [0.5, 0.6) is 0 Å². The van der Waals surface area contributed by atoms with E-state index >= 15 is 0 Å². The molecule has 4 aliphatic rings. The van der Waals surface area contributed by atoms with Crippen LogP contribution in [-0.2, 0) is 63.6 Å². The van der Waals surface area contributed by atoms with Crippen LogP contribution in [0.15, 0.2) is 35.4 Å². The lowest BCUT2D eigenvalue weighted by Gasteiger charge is -2.44. The molecule has 242 valence electrons. The first-order valence-electron chi connectivity index (χ1n) is 14.5. The highest BCUT2D eigenvalue weighted by Crippen LogP contribution is 2.44. The van der Waals surface area contributed by atoms with E-state index in [9.17, 15) is 15.1 Å². The first kappa shape index (κ1) is 32.5. The van der Waals surface area contributed by atoms with Crippen molar-refractivity contribution >= 4 is 11.9 Å². The molecule has 4 saturated heterocycles. The van der Waals surface area contributed by atoms with Crippen molar-refractivity contribution in [2.45, 2.75) is 121 Å². The molecule has 0 saturated carbocycles. The van der Waals surface area contributed by atoms with Crippen LogP contribution in [0, 0.1) is 0 Å². The Morgan fingerprint density at radius 2 is 1.52 bits per heavy atom. The summed E-state index contributed by atoms with van der Waals surface area (Å²) >= 11 is 0. The zero-order chi connectivity index (χ0) is 31.6. The van der Waals surface area contributed by atoms with Crippen molar-refractivity contribution in [3.05, 3.63) is 46.3 Å². The van der Waals surface area contributed by atoms with Gasteiger partial charge < -0.3 is 47.4 Å². The number of ether oxygens (including phenoxy) is 10. The maximum atomic E-state index is 12.3. The van der Waals surface area contributed by atoms with Crippen molar-refractivity contribution in [2.75, 3.05) is 13.2 Å². The molecule has 4 heterocycles. The highest BCUT2D eigenvalue weighted by molar-refractivity contribution is 5.66. The van der Waals surface area contributed by atoms with Gasteiger partial charge in [0.25, 0.3) is 0 Å². The van der Waals surface area contributed by atoms with Crippen molar-refractivity contribution in [3.63, 3.8) is 0 Å². The summed E-state index contributed by atoms with van der Waals surface area (Å²) < 4.78 is 60.1. The summed E-state index contributed by atoms with van der Waals surface area (Å²) in [5.41, 5.74) is 10.3. The van der Waals surface area contributed by atoms with Crippen LogP contribution in [-0.4, -0.2) is 98.1 Å². The van der Waals surface area contributed by atoms with Gasteiger partial charge in [-0.25, -0.2) is 0 Å². The van der Waals surface area contributed by atoms with Gasteiger partial charge in [0.15, 0.2) is 24.2 Å². The Hall–Kier alpha value is -2.85. The smallest absolute Gasteiger partial charge is 0.303 e. The van der Waals surface area contributed by atoms with Crippen LogP contribution in [0.25, 0.3) is 10.4 Å². The minimum atomic E-state index is -1.25. The Morgan fingerprint density at radius 3 is 2.20 bits per heavy atom. The summed E-state index contributed by atoms with van der Waals surface area (Å²) in [6, 6.07) is 8.13. The lowest BCUT2D eigenvalue weighted by molar-refractivity contribution is -0.297. The van der Waals surface area contributed by atoms with Gasteiger partial charge in [0, 0.05) is 18.8 Å². The number of hydrogen-bond acceptors (Lipinski definition) is 13. The number of benzene rings is 1. The first-order valence-corrected chi connectivity index (χ1v) is 14.5. The third-order valence-corrected chi connectivity index (χ3v) is 7.51. The second-order valence-corrected chi connectivity index (χ2v) is 11.9. The summed E-state index contributed by atoms with van der Waals surface area (Å²) in [5, 5.41) is 3.88. The number of esters is 2. The molecule has 0 aromatic heterocycles. The Labute approximate surface area is 254 Å². The van der Waals surface area contributed by atoms with Gasteiger partial charge in [-0.2, -0.15) is 0 Å². The molecule has 5 rings (SSSR count). The van der Waals surface area contributed by atoms with Gasteiger partial charge in [-0.15, -0.1) is 0 Å². The molecule has 15 nitrogen and oxygen atoms in total. The Balaban J connectivity index is 1.38. The van der Waals surface area contributed by atoms with Crippen LogP contribution in [0.1, 0.15) is 47.1 Å². The van der Waals surface area contributed by atoms with Crippen LogP contribution >= 0.6 is 0 Å². The van der Waals surface area contributed by atoms with Gasteiger partial charge in [-0.3, -0.25) is 9.59 Å². The quantitative estimate of drug-likeness (QED) is 0.162. The molecule has 10 atom stereocenters. The van der Waals surface area contributed by atoms with Crippen LogP contribution in [0.2, 0.25) is 0 Å². The zero-order valence-electron chi connectivity index (χ0n) is 25.5. The molecule has 1 aromatic carbocycles. The predicted octanol–water partition coefficient (Wildman–Crippen LogP) is 2.88. The van der Waals surface area contributed by atoms with Crippen LogP contribution < -0.4 is 0 Å². The van der Waals surface area contributed by atoms with E-state index in [1.807, 2.05) is 30.3 Å². The summed E-state index contributed by atoms with van der Waals surface area (Å²) in [7, 11) is 0. The molecule has 44 heavy (non-hydrogen) atoms. The predicted molar refractivity (Wildman–Crippen MR) is 147 cm³/mol. The van der Waals surface area contributed by atoms with E-state index in [4.69, 9.17) is 47.4 Å². The molecule has 0 radical (unpaired) electrons. The highest BCUT2D eigenvalue weighted by Gasteiger charge is 2.61. The maximum absolute atomic E-state index is 12.3. The van der Waals surface area contributed by atoms with Gasteiger partial charge in [-0.05, 0) is 38.8 Å². The lowest BCUT2D eigenvalue weighted by atomic mass is 9.96. The number of carbonyl (C=O) groups is 2. The number of fused-ring (bicyclic) bond motifs is 3. The summed E-state index contributed by atoms with van der Waals surface area (Å²) in [5.74, 6) is -3.01. The minimum Gasteiger partial charge on any atom is -0.463 e. The van der Waals surface area contributed by atoms with Gasteiger partial charge >= 0.3 is 11.9 Å². The SMILES string of the molecule is CC(=O)OC[C@H]1O[C@H](OC[C@H]2O[C@@H]3OC(C)(C)O[C@@H]3[C@H]3OC(C)(C)O[C@H]32)[C@H](N=[N+]=[N-])[C@@H](OC(C)=O)[C@@H]1OCc1ccccc1. The van der Waals surface area contributed by atoms with Crippen molar-refractivity contribution in [1.82, 2.24) is 0 Å². The maximum Gasteiger partial charge on any atom is 0.303 e. The van der Waals surface area contributed by atoms with Crippen LogP contribution in [0.4, 0.5) is 0 Å². The van der Waals surface area contributed by atoms with Crippen LogP contribution in [0.3, 0.4) is 0 Å². The van der Waals surface area contributed by atoms with E-state index in [0.29, 0.717) is 0 Å². The van der Waals surface area contributed by atoms with E-state index in [1.54, 1.807) is 27.7 Å². The molecule has 0 spiro atoms. The van der Waals surface area contributed by atoms with E-state index < -0.39 is 84.9 Å². The van der Waals surface area contributed by atoms with Gasteiger partial charge in [0.2, 0.25) is 0 Å². The van der Waals surface area contributed by atoms with Crippen molar-refractivity contribution in [1.29, 1.82) is 0 Å². The number of rotatable bonds is 10. The second kappa shape index (κ2) is 13.3. The van der Waals surface area contributed by atoms with E-state index in [2.05, 4.69) is 10.0 Å². The number of nitrogens with zero attached hydrogens (tertiary/aromatic N) is 3. The van der Waals surface area contributed by atoms with E-state index in [-0.39, 0.29) is 19.8 Å². The average molecular weight is 622 g/mol. The van der Waals surface area contributed by atoms with Gasteiger partial charge in [0.05, 0.1) is 13.2 Å². The number of azide groups is 1. The normalized spacial score (nSPS) is 36.9. The summed E-state index contributed by atoms with van der Waals surface area (Å²) in [6.45, 7) is 9.40. The van der Waals surface area contributed by atoms with E-state index in [1.165, 1.54) is 13.8 Å². The Kier molecular flexibility index (Phi) is 9.80. The Morgan fingerprint density at radius 1 is 0.841 bits per heavy atom. The van der Waals surface area contributed by atoms with Crippen molar-refractivity contribution < 1.29 is 57.0 Å². The molecule has 1 aromatic rings.